The molecule has 0 aliphatic heterocycles. The van der Waals surface area contributed by atoms with Crippen molar-refractivity contribution in [3.63, 3.8) is 0 Å². The fraction of sp³-hybridized carbons (Fsp3) is 0. The van der Waals surface area contributed by atoms with Crippen LogP contribution in [0.3, 0.4) is 0 Å². The van der Waals surface area contributed by atoms with Crippen LogP contribution in [0.5, 0.6) is 0 Å². The summed E-state index contributed by atoms with van der Waals surface area (Å²) < 4.78 is 16.1. The molecule has 0 aliphatic rings. The molecular formula is C4HClFO. The molecule has 0 amide bonds. The van der Waals surface area contributed by atoms with Crippen molar-refractivity contribution in [3.8, 4) is 0 Å². The van der Waals surface area contributed by atoms with Gasteiger partial charge in [-0.1, -0.05) is 0 Å². The zero-order chi connectivity index (χ0) is 5.28. The van der Waals surface area contributed by atoms with E-state index in [-0.39, 0.29) is 5.22 Å². The molecule has 1 heterocycles. The molecule has 1 rings (SSSR count). The minimum Gasteiger partial charge on any atom is -0.438 e. The second-order valence-corrected chi connectivity index (χ2v) is 1.33. The van der Waals surface area contributed by atoms with Crippen molar-refractivity contribution in [2.24, 2.45) is 0 Å². The first-order chi connectivity index (χ1) is 3.30. The highest BCUT2D eigenvalue weighted by Gasteiger charge is 1.98. The van der Waals surface area contributed by atoms with Gasteiger partial charge in [0.2, 0.25) is 5.22 Å². The molecule has 1 radical (unpaired) electrons. The third-order valence-corrected chi connectivity index (χ3v) is 0.780. The Bertz CT molecular complexity index is 144. The predicted octanol–water partition coefficient (Wildman–Crippen LogP) is 1.87. The number of hydrogen-bond acceptors (Lipinski definition) is 1. The number of halogens is 2. The van der Waals surface area contributed by atoms with Gasteiger partial charge in [-0.15, -0.1) is 0 Å². The second kappa shape index (κ2) is 1.54. The average Bonchev–Trinajstić information content (AvgIpc) is 1.91. The summed E-state index contributed by atoms with van der Waals surface area (Å²) in [5.74, 6) is -0.568. The third-order valence-electron chi connectivity index (χ3n) is 0.522. The van der Waals surface area contributed by atoms with Crippen LogP contribution in [0.1, 0.15) is 0 Å². The molecule has 0 atom stereocenters. The largest absolute Gasteiger partial charge is 0.438 e. The predicted molar refractivity (Wildman–Crippen MR) is 22.5 cm³/mol. The van der Waals surface area contributed by atoms with E-state index in [0.717, 1.165) is 6.07 Å². The maximum atomic E-state index is 11.8. The first-order valence-electron chi connectivity index (χ1n) is 1.61. The van der Waals surface area contributed by atoms with E-state index < -0.39 is 5.82 Å². The molecule has 3 heteroatoms. The van der Waals surface area contributed by atoms with Crippen molar-refractivity contribution >= 4 is 11.6 Å². The monoisotopic (exact) mass is 119 g/mol. The Labute approximate surface area is 44.7 Å². The summed E-state index contributed by atoms with van der Waals surface area (Å²) in [6.07, 6.45) is 2.12. The summed E-state index contributed by atoms with van der Waals surface area (Å²) in [6, 6.07) is 1.03. The van der Waals surface area contributed by atoms with Crippen molar-refractivity contribution in [3.05, 3.63) is 23.4 Å². The molecular weight excluding hydrogens is 118 g/mol. The molecule has 0 saturated carbocycles. The highest BCUT2D eigenvalue weighted by molar-refractivity contribution is 6.28. The Hall–Kier alpha value is -0.500. The van der Waals surface area contributed by atoms with Gasteiger partial charge in [0.05, 0.1) is 0 Å². The van der Waals surface area contributed by atoms with E-state index in [4.69, 9.17) is 11.6 Å². The second-order valence-electron chi connectivity index (χ2n) is 0.986. The number of rotatable bonds is 0. The van der Waals surface area contributed by atoms with Crippen molar-refractivity contribution in [1.82, 2.24) is 0 Å². The van der Waals surface area contributed by atoms with E-state index in [1.54, 1.807) is 0 Å². The normalized spacial score (nSPS) is 9.43. The summed E-state index contributed by atoms with van der Waals surface area (Å²) in [5, 5.41) is -0.236. The molecule has 0 aliphatic carbocycles. The van der Waals surface area contributed by atoms with E-state index in [2.05, 4.69) is 10.7 Å². The van der Waals surface area contributed by atoms with Crippen LogP contribution in [0.4, 0.5) is 4.39 Å². The lowest BCUT2D eigenvalue weighted by atomic mass is 10.6. The van der Waals surface area contributed by atoms with Crippen LogP contribution < -0.4 is 0 Å². The molecule has 0 fully saturated rings. The van der Waals surface area contributed by atoms with Crippen LogP contribution in [0, 0.1) is 12.1 Å². The molecule has 0 aromatic carbocycles. The van der Waals surface area contributed by atoms with Gasteiger partial charge in [0.1, 0.15) is 0 Å². The van der Waals surface area contributed by atoms with Crippen LogP contribution in [0.15, 0.2) is 10.5 Å². The Kier molecular flexibility index (Phi) is 1.02. The molecule has 7 heavy (non-hydrogen) atoms. The lowest BCUT2D eigenvalue weighted by molar-refractivity contribution is 0.529. The van der Waals surface area contributed by atoms with Crippen molar-refractivity contribution in [2.45, 2.75) is 0 Å². The van der Waals surface area contributed by atoms with Crippen LogP contribution >= 0.6 is 11.6 Å². The summed E-state index contributed by atoms with van der Waals surface area (Å²) in [5.41, 5.74) is 0. The molecule has 0 unspecified atom stereocenters. The summed E-state index contributed by atoms with van der Waals surface area (Å²) >= 11 is 5.05. The minimum absolute atomic E-state index is 0.236. The summed E-state index contributed by atoms with van der Waals surface area (Å²) in [4.78, 5) is 0. The molecule has 0 bridgehead atoms. The highest BCUT2D eigenvalue weighted by atomic mass is 35.5. The van der Waals surface area contributed by atoms with Crippen LogP contribution in [0.25, 0.3) is 0 Å². The van der Waals surface area contributed by atoms with Gasteiger partial charge in [-0.2, -0.15) is 0 Å². The van der Waals surface area contributed by atoms with E-state index >= 15 is 0 Å². The van der Waals surface area contributed by atoms with Gasteiger partial charge < -0.3 is 4.42 Å². The Morgan fingerprint density at radius 2 is 2.57 bits per heavy atom. The highest BCUT2D eigenvalue weighted by Crippen LogP contribution is 2.12. The van der Waals surface area contributed by atoms with Crippen LogP contribution in [0.2, 0.25) is 5.22 Å². The van der Waals surface area contributed by atoms with Gasteiger partial charge in [0.25, 0.3) is 0 Å². The molecule has 1 nitrogen and oxygen atoms in total. The lowest BCUT2D eigenvalue weighted by Crippen LogP contribution is -1.57. The topological polar surface area (TPSA) is 13.1 Å². The molecule has 1 aromatic rings. The standard InChI is InChI=1S/C4HClFO/c5-4-3(6)1-2-7-4/h1H. The van der Waals surface area contributed by atoms with Crippen LogP contribution in [-0.2, 0) is 0 Å². The van der Waals surface area contributed by atoms with Gasteiger partial charge >= 0.3 is 0 Å². The molecule has 0 spiro atoms. The third kappa shape index (κ3) is 0.747. The summed E-state index contributed by atoms with van der Waals surface area (Å²) in [6.45, 7) is 0. The van der Waals surface area contributed by atoms with Crippen molar-refractivity contribution < 1.29 is 8.81 Å². The average molecular weight is 120 g/mol. The Morgan fingerprint density at radius 1 is 1.86 bits per heavy atom. The quantitative estimate of drug-likeness (QED) is 0.508. The van der Waals surface area contributed by atoms with Gasteiger partial charge in [-0.25, -0.2) is 4.39 Å². The van der Waals surface area contributed by atoms with E-state index in [1.165, 1.54) is 0 Å². The lowest BCUT2D eigenvalue weighted by Gasteiger charge is -1.71. The zero-order valence-electron chi connectivity index (χ0n) is 3.24. The molecule has 1 aromatic heterocycles. The van der Waals surface area contributed by atoms with E-state index in [0.29, 0.717) is 0 Å². The Balaban J connectivity index is 3.12. The first-order valence-corrected chi connectivity index (χ1v) is 1.99. The van der Waals surface area contributed by atoms with Gasteiger partial charge in [0, 0.05) is 6.07 Å². The Morgan fingerprint density at radius 3 is 2.71 bits per heavy atom. The fourth-order valence-electron chi connectivity index (χ4n) is 0.238. The van der Waals surface area contributed by atoms with Gasteiger partial charge in [-0.05, 0) is 11.6 Å². The molecule has 37 valence electrons. The number of furan rings is 1. The van der Waals surface area contributed by atoms with Gasteiger partial charge in [0.15, 0.2) is 12.1 Å². The fourth-order valence-corrected chi connectivity index (χ4v) is 0.338. The first kappa shape index (κ1) is 4.65. The molecule has 0 saturated heterocycles. The van der Waals surface area contributed by atoms with Gasteiger partial charge in [-0.3, -0.25) is 0 Å². The van der Waals surface area contributed by atoms with Crippen molar-refractivity contribution in [1.29, 1.82) is 0 Å². The zero-order valence-corrected chi connectivity index (χ0v) is 4.00. The number of hydrogen-bond donors (Lipinski definition) is 0. The van der Waals surface area contributed by atoms with Crippen molar-refractivity contribution in [2.75, 3.05) is 0 Å². The SMILES string of the molecule is Fc1c[c]oc1Cl. The molecule has 0 N–H and O–H groups in total. The van der Waals surface area contributed by atoms with E-state index in [1.807, 2.05) is 0 Å². The van der Waals surface area contributed by atoms with Crippen LogP contribution in [-0.4, -0.2) is 0 Å². The minimum atomic E-state index is -0.568. The maximum Gasteiger partial charge on any atom is 0.229 e. The smallest absolute Gasteiger partial charge is 0.229 e. The summed E-state index contributed by atoms with van der Waals surface area (Å²) in [7, 11) is 0. The maximum absolute atomic E-state index is 11.8. The van der Waals surface area contributed by atoms with E-state index in [9.17, 15) is 4.39 Å².